The van der Waals surface area contributed by atoms with Gasteiger partial charge in [0, 0.05) is 5.54 Å². The number of benzene rings is 1. The van der Waals surface area contributed by atoms with Gasteiger partial charge in [-0.2, -0.15) is 0 Å². The molecule has 2 heteroatoms. The number of aryl methyl sites for hydroxylation is 2. The molecule has 1 saturated heterocycles. The van der Waals surface area contributed by atoms with Crippen LogP contribution in [0.15, 0.2) is 12.1 Å². The van der Waals surface area contributed by atoms with Gasteiger partial charge >= 0.3 is 0 Å². The molecular formula is C16H23NO. The Bertz CT molecular complexity index is 456. The lowest BCUT2D eigenvalue weighted by Crippen LogP contribution is -2.39. The molecule has 1 N–H and O–H groups in total. The van der Waals surface area contributed by atoms with Crippen LogP contribution in [0.2, 0.25) is 0 Å². The fourth-order valence-corrected chi connectivity index (χ4v) is 3.63. The molecule has 0 amide bonds. The molecule has 0 radical (unpaired) electrons. The largest absolute Gasteiger partial charge is 0.496 e. The van der Waals surface area contributed by atoms with Crippen LogP contribution in [0, 0.1) is 19.8 Å². The predicted molar refractivity (Wildman–Crippen MR) is 74.1 cm³/mol. The van der Waals surface area contributed by atoms with Gasteiger partial charge in [-0.15, -0.1) is 0 Å². The Kier molecular flexibility index (Phi) is 2.86. The summed E-state index contributed by atoms with van der Waals surface area (Å²) in [6.07, 6.45) is 5.38. The van der Waals surface area contributed by atoms with Crippen molar-refractivity contribution in [2.75, 3.05) is 13.7 Å². The molecule has 98 valence electrons. The summed E-state index contributed by atoms with van der Waals surface area (Å²) in [4.78, 5) is 0. The molecule has 1 saturated carbocycles. The smallest absolute Gasteiger partial charge is 0.122 e. The van der Waals surface area contributed by atoms with Gasteiger partial charge in [0.1, 0.15) is 5.75 Å². The van der Waals surface area contributed by atoms with E-state index in [1.165, 1.54) is 48.9 Å². The molecule has 18 heavy (non-hydrogen) atoms. The van der Waals surface area contributed by atoms with E-state index in [2.05, 4.69) is 31.3 Å². The Hall–Kier alpha value is -1.02. The molecule has 1 aliphatic heterocycles. The van der Waals surface area contributed by atoms with Crippen molar-refractivity contribution in [2.24, 2.45) is 5.92 Å². The van der Waals surface area contributed by atoms with Crippen LogP contribution in [0.1, 0.15) is 42.4 Å². The molecule has 1 aromatic rings. The first-order chi connectivity index (χ1) is 8.67. The first kappa shape index (κ1) is 12.0. The van der Waals surface area contributed by atoms with Crippen LogP contribution in [0.4, 0.5) is 0 Å². The average Bonchev–Trinajstić information content (AvgIpc) is 3.11. The zero-order valence-electron chi connectivity index (χ0n) is 11.7. The van der Waals surface area contributed by atoms with E-state index in [0.717, 1.165) is 11.7 Å². The molecule has 3 rings (SSSR count). The number of ether oxygens (including phenoxy) is 1. The Balaban J connectivity index is 2.07. The molecular weight excluding hydrogens is 222 g/mol. The van der Waals surface area contributed by atoms with Crippen molar-refractivity contribution in [1.29, 1.82) is 0 Å². The van der Waals surface area contributed by atoms with Crippen molar-refractivity contribution < 1.29 is 4.74 Å². The van der Waals surface area contributed by atoms with Gasteiger partial charge in [0.05, 0.1) is 7.11 Å². The van der Waals surface area contributed by atoms with Gasteiger partial charge in [-0.1, -0.05) is 6.07 Å². The minimum Gasteiger partial charge on any atom is -0.496 e. The highest BCUT2D eigenvalue weighted by atomic mass is 16.5. The molecule has 1 atom stereocenters. The highest BCUT2D eigenvalue weighted by molar-refractivity contribution is 5.46. The van der Waals surface area contributed by atoms with E-state index in [1.807, 2.05) is 0 Å². The second-order valence-electron chi connectivity index (χ2n) is 5.91. The normalized spacial score (nSPS) is 27.5. The van der Waals surface area contributed by atoms with E-state index >= 15 is 0 Å². The van der Waals surface area contributed by atoms with Crippen LogP contribution in [0.3, 0.4) is 0 Å². The fraction of sp³-hybridized carbons (Fsp3) is 0.625. The Morgan fingerprint density at radius 1 is 1.22 bits per heavy atom. The topological polar surface area (TPSA) is 21.3 Å². The molecule has 1 heterocycles. The molecule has 0 aromatic heterocycles. The van der Waals surface area contributed by atoms with Crippen LogP contribution in [0.5, 0.6) is 5.75 Å². The molecule has 0 spiro atoms. The van der Waals surface area contributed by atoms with Crippen LogP contribution >= 0.6 is 0 Å². The zero-order valence-corrected chi connectivity index (χ0v) is 11.7. The lowest BCUT2D eigenvalue weighted by molar-refractivity contribution is 0.333. The molecule has 2 nitrogen and oxygen atoms in total. The van der Waals surface area contributed by atoms with Gasteiger partial charge < -0.3 is 10.1 Å². The summed E-state index contributed by atoms with van der Waals surface area (Å²) >= 11 is 0. The maximum Gasteiger partial charge on any atom is 0.122 e. The number of methoxy groups -OCH3 is 1. The Morgan fingerprint density at radius 3 is 2.56 bits per heavy atom. The zero-order chi connectivity index (χ0) is 12.8. The minimum atomic E-state index is 0.265. The highest BCUT2D eigenvalue weighted by Gasteiger charge is 2.48. The average molecular weight is 245 g/mol. The Labute approximate surface area is 110 Å². The molecule has 1 aromatic carbocycles. The summed E-state index contributed by atoms with van der Waals surface area (Å²) in [6, 6.07) is 4.56. The van der Waals surface area contributed by atoms with Crippen LogP contribution in [0.25, 0.3) is 0 Å². The molecule has 1 unspecified atom stereocenters. The summed E-state index contributed by atoms with van der Waals surface area (Å²) in [5.74, 6) is 1.87. The van der Waals surface area contributed by atoms with E-state index in [0.29, 0.717) is 0 Å². The number of hydrogen-bond acceptors (Lipinski definition) is 2. The Morgan fingerprint density at radius 2 is 2.00 bits per heavy atom. The summed E-state index contributed by atoms with van der Waals surface area (Å²) in [5.41, 5.74) is 4.41. The predicted octanol–water partition coefficient (Wildman–Crippen LogP) is 3.30. The van der Waals surface area contributed by atoms with Gasteiger partial charge in [-0.25, -0.2) is 0 Å². The number of nitrogens with one attached hydrogen (secondary N) is 1. The third kappa shape index (κ3) is 1.74. The molecule has 0 bridgehead atoms. The summed E-state index contributed by atoms with van der Waals surface area (Å²) in [5, 5.41) is 3.81. The van der Waals surface area contributed by atoms with E-state index in [-0.39, 0.29) is 5.54 Å². The molecule has 1 aliphatic carbocycles. The van der Waals surface area contributed by atoms with Crippen molar-refractivity contribution in [2.45, 2.75) is 45.1 Å². The van der Waals surface area contributed by atoms with E-state index in [4.69, 9.17) is 4.74 Å². The van der Waals surface area contributed by atoms with Gasteiger partial charge in [0.25, 0.3) is 0 Å². The van der Waals surface area contributed by atoms with Crippen molar-refractivity contribution in [3.8, 4) is 5.75 Å². The van der Waals surface area contributed by atoms with E-state index < -0.39 is 0 Å². The standard InChI is InChI=1S/C16H23NO/c1-11-10-15(18-3)12(2)9-14(11)16(13-5-6-13)7-4-8-17-16/h9-10,13,17H,4-8H2,1-3H3. The lowest BCUT2D eigenvalue weighted by Gasteiger charge is -2.32. The second-order valence-corrected chi connectivity index (χ2v) is 5.91. The quantitative estimate of drug-likeness (QED) is 0.882. The van der Waals surface area contributed by atoms with E-state index in [9.17, 15) is 0 Å². The van der Waals surface area contributed by atoms with Crippen LogP contribution in [-0.2, 0) is 5.54 Å². The fourth-order valence-electron chi connectivity index (χ4n) is 3.63. The van der Waals surface area contributed by atoms with Gasteiger partial charge in [0.15, 0.2) is 0 Å². The first-order valence-electron chi connectivity index (χ1n) is 7.08. The van der Waals surface area contributed by atoms with Gasteiger partial charge in [-0.05, 0) is 74.8 Å². The van der Waals surface area contributed by atoms with Crippen molar-refractivity contribution in [3.63, 3.8) is 0 Å². The third-order valence-corrected chi connectivity index (χ3v) is 4.69. The summed E-state index contributed by atoms with van der Waals surface area (Å²) in [7, 11) is 1.76. The van der Waals surface area contributed by atoms with Gasteiger partial charge in [0.2, 0.25) is 0 Å². The number of hydrogen-bond donors (Lipinski definition) is 1. The lowest BCUT2D eigenvalue weighted by atomic mass is 9.80. The first-order valence-corrected chi connectivity index (χ1v) is 7.08. The monoisotopic (exact) mass is 245 g/mol. The van der Waals surface area contributed by atoms with Crippen molar-refractivity contribution in [1.82, 2.24) is 5.32 Å². The van der Waals surface area contributed by atoms with Crippen molar-refractivity contribution in [3.05, 3.63) is 28.8 Å². The molecule has 2 fully saturated rings. The highest BCUT2D eigenvalue weighted by Crippen LogP contribution is 2.51. The third-order valence-electron chi connectivity index (χ3n) is 4.69. The van der Waals surface area contributed by atoms with Crippen LogP contribution in [-0.4, -0.2) is 13.7 Å². The summed E-state index contributed by atoms with van der Waals surface area (Å²) in [6.45, 7) is 5.54. The second kappa shape index (κ2) is 4.27. The minimum absolute atomic E-state index is 0.265. The number of rotatable bonds is 3. The van der Waals surface area contributed by atoms with Crippen LogP contribution < -0.4 is 10.1 Å². The summed E-state index contributed by atoms with van der Waals surface area (Å²) < 4.78 is 5.43. The van der Waals surface area contributed by atoms with Gasteiger partial charge in [-0.3, -0.25) is 0 Å². The SMILES string of the molecule is COc1cc(C)c(C2(C3CC3)CCCN2)cc1C. The van der Waals surface area contributed by atoms with E-state index in [1.54, 1.807) is 7.11 Å². The molecule has 2 aliphatic rings. The van der Waals surface area contributed by atoms with Crippen molar-refractivity contribution >= 4 is 0 Å². The maximum atomic E-state index is 5.43. The maximum absolute atomic E-state index is 5.43.